The quantitative estimate of drug-likeness (QED) is 0.925. The van der Waals surface area contributed by atoms with Crippen molar-refractivity contribution in [2.24, 2.45) is 0 Å². The zero-order chi connectivity index (χ0) is 13.2. The predicted molar refractivity (Wildman–Crippen MR) is 72.0 cm³/mol. The third kappa shape index (κ3) is 3.31. The molecule has 1 heterocycles. The first-order valence-corrected chi connectivity index (χ1v) is 7.09. The molecule has 2 rings (SSSR count). The lowest BCUT2D eigenvalue weighted by molar-refractivity contribution is -0.103. The Labute approximate surface area is 115 Å². The van der Waals surface area contributed by atoms with Crippen LogP contribution in [0.1, 0.15) is 31.7 Å². The number of rotatable bonds is 3. The second-order valence-corrected chi connectivity index (χ2v) is 5.85. The van der Waals surface area contributed by atoms with Crippen molar-refractivity contribution in [2.75, 3.05) is 6.61 Å². The fraction of sp³-hybridized carbons (Fsp3) is 0.571. The van der Waals surface area contributed by atoms with Gasteiger partial charge in [-0.3, -0.25) is 0 Å². The van der Waals surface area contributed by atoms with Gasteiger partial charge in [-0.2, -0.15) is 0 Å². The van der Waals surface area contributed by atoms with Crippen molar-refractivity contribution in [2.45, 2.75) is 44.3 Å². The van der Waals surface area contributed by atoms with Gasteiger partial charge >= 0.3 is 0 Å². The van der Waals surface area contributed by atoms with Crippen LogP contribution in [0.25, 0.3) is 0 Å². The zero-order valence-electron chi connectivity index (χ0n) is 10.5. The molecule has 4 heteroatoms. The van der Waals surface area contributed by atoms with Gasteiger partial charge in [0.25, 0.3) is 0 Å². The zero-order valence-corrected chi connectivity index (χ0v) is 12.0. The average molecular weight is 317 g/mol. The molecule has 1 saturated heterocycles. The van der Waals surface area contributed by atoms with Crippen molar-refractivity contribution in [3.8, 4) is 0 Å². The standard InChI is InChI=1S/C14H18BrFO2/c1-2-12-9-14(17,5-6-18-12)8-10-7-11(16)3-4-13(10)15/h3-4,7,12,17H,2,5-6,8-9H2,1H3. The van der Waals surface area contributed by atoms with Gasteiger partial charge in [0, 0.05) is 23.9 Å². The van der Waals surface area contributed by atoms with Gasteiger partial charge in [0.05, 0.1) is 11.7 Å². The van der Waals surface area contributed by atoms with Crippen LogP contribution in [0, 0.1) is 5.82 Å². The molecule has 0 aromatic heterocycles. The molecule has 0 spiro atoms. The summed E-state index contributed by atoms with van der Waals surface area (Å²) >= 11 is 3.40. The van der Waals surface area contributed by atoms with Crippen LogP contribution in [0.3, 0.4) is 0 Å². The van der Waals surface area contributed by atoms with E-state index in [4.69, 9.17) is 4.74 Å². The summed E-state index contributed by atoms with van der Waals surface area (Å²) in [5.41, 5.74) is 0.0316. The summed E-state index contributed by atoms with van der Waals surface area (Å²) in [5, 5.41) is 10.6. The first-order chi connectivity index (χ1) is 8.52. The van der Waals surface area contributed by atoms with Crippen LogP contribution in [0.5, 0.6) is 0 Å². The van der Waals surface area contributed by atoms with E-state index in [1.807, 2.05) is 0 Å². The minimum absolute atomic E-state index is 0.107. The summed E-state index contributed by atoms with van der Waals surface area (Å²) in [4.78, 5) is 0. The van der Waals surface area contributed by atoms with Crippen LogP contribution < -0.4 is 0 Å². The second-order valence-electron chi connectivity index (χ2n) is 4.99. The molecule has 0 saturated carbocycles. The molecule has 1 fully saturated rings. The van der Waals surface area contributed by atoms with Gasteiger partial charge in [-0.05, 0) is 36.6 Å². The summed E-state index contributed by atoms with van der Waals surface area (Å²) in [6.45, 7) is 2.62. The predicted octanol–water partition coefficient (Wildman–Crippen LogP) is 3.45. The highest BCUT2D eigenvalue weighted by atomic mass is 79.9. The number of hydrogen-bond acceptors (Lipinski definition) is 2. The minimum Gasteiger partial charge on any atom is -0.389 e. The van der Waals surface area contributed by atoms with Crippen molar-refractivity contribution >= 4 is 15.9 Å². The fourth-order valence-corrected chi connectivity index (χ4v) is 2.84. The van der Waals surface area contributed by atoms with Gasteiger partial charge in [-0.25, -0.2) is 4.39 Å². The Morgan fingerprint density at radius 3 is 3.06 bits per heavy atom. The molecule has 0 radical (unpaired) electrons. The second kappa shape index (κ2) is 5.68. The lowest BCUT2D eigenvalue weighted by Crippen LogP contribution is -2.42. The van der Waals surface area contributed by atoms with Gasteiger partial charge < -0.3 is 9.84 Å². The van der Waals surface area contributed by atoms with Gasteiger partial charge in [0.15, 0.2) is 0 Å². The van der Waals surface area contributed by atoms with E-state index in [2.05, 4.69) is 22.9 Å². The molecular formula is C14H18BrFO2. The number of ether oxygens (including phenoxy) is 1. The molecule has 2 unspecified atom stereocenters. The lowest BCUT2D eigenvalue weighted by Gasteiger charge is -2.37. The van der Waals surface area contributed by atoms with E-state index in [0.29, 0.717) is 25.9 Å². The average Bonchev–Trinajstić information content (AvgIpc) is 2.33. The highest BCUT2D eigenvalue weighted by molar-refractivity contribution is 9.10. The normalized spacial score (nSPS) is 28.3. The highest BCUT2D eigenvalue weighted by Crippen LogP contribution is 2.32. The first-order valence-electron chi connectivity index (χ1n) is 6.30. The van der Waals surface area contributed by atoms with E-state index < -0.39 is 5.60 Å². The molecule has 2 atom stereocenters. The monoisotopic (exact) mass is 316 g/mol. The summed E-state index contributed by atoms with van der Waals surface area (Å²) in [7, 11) is 0. The van der Waals surface area contributed by atoms with Crippen molar-refractivity contribution in [3.63, 3.8) is 0 Å². The van der Waals surface area contributed by atoms with Crippen molar-refractivity contribution in [1.29, 1.82) is 0 Å². The van der Waals surface area contributed by atoms with E-state index in [1.165, 1.54) is 12.1 Å². The number of benzene rings is 1. The Kier molecular flexibility index (Phi) is 4.41. The number of aliphatic hydroxyl groups is 1. The largest absolute Gasteiger partial charge is 0.389 e. The molecule has 1 aliphatic rings. The molecule has 1 aromatic carbocycles. The Hall–Kier alpha value is -0.450. The van der Waals surface area contributed by atoms with Crippen molar-refractivity contribution < 1.29 is 14.2 Å². The van der Waals surface area contributed by atoms with Crippen LogP contribution >= 0.6 is 15.9 Å². The highest BCUT2D eigenvalue weighted by Gasteiger charge is 2.34. The van der Waals surface area contributed by atoms with E-state index in [0.717, 1.165) is 16.5 Å². The van der Waals surface area contributed by atoms with Gasteiger partial charge in [0.2, 0.25) is 0 Å². The number of halogens is 2. The molecule has 0 aliphatic carbocycles. The maximum atomic E-state index is 13.2. The van der Waals surface area contributed by atoms with Crippen molar-refractivity contribution in [1.82, 2.24) is 0 Å². The molecule has 2 nitrogen and oxygen atoms in total. The van der Waals surface area contributed by atoms with Crippen LogP contribution in [0.4, 0.5) is 4.39 Å². The Morgan fingerprint density at radius 2 is 2.33 bits per heavy atom. The number of hydrogen-bond donors (Lipinski definition) is 1. The van der Waals surface area contributed by atoms with Crippen LogP contribution in [-0.4, -0.2) is 23.4 Å². The molecule has 1 aromatic rings. The fourth-order valence-electron chi connectivity index (χ4n) is 2.46. The SMILES string of the molecule is CCC1CC(O)(Cc2cc(F)ccc2Br)CCO1. The van der Waals surface area contributed by atoms with E-state index in [9.17, 15) is 9.50 Å². The maximum Gasteiger partial charge on any atom is 0.123 e. The van der Waals surface area contributed by atoms with Crippen molar-refractivity contribution in [3.05, 3.63) is 34.1 Å². The molecule has 1 aliphatic heterocycles. The molecular weight excluding hydrogens is 299 g/mol. The van der Waals surface area contributed by atoms with Crippen LogP contribution in [-0.2, 0) is 11.2 Å². The molecule has 1 N–H and O–H groups in total. The lowest BCUT2D eigenvalue weighted by atomic mass is 9.84. The Morgan fingerprint density at radius 1 is 1.56 bits per heavy atom. The Balaban J connectivity index is 2.14. The summed E-state index contributed by atoms with van der Waals surface area (Å²) in [6.07, 6.45) is 2.69. The van der Waals surface area contributed by atoms with E-state index >= 15 is 0 Å². The van der Waals surface area contributed by atoms with Gasteiger partial charge in [0.1, 0.15) is 5.82 Å². The third-order valence-corrected chi connectivity index (χ3v) is 4.28. The molecule has 18 heavy (non-hydrogen) atoms. The summed E-state index contributed by atoms with van der Waals surface area (Å²) in [5.74, 6) is -0.268. The third-order valence-electron chi connectivity index (χ3n) is 3.51. The summed E-state index contributed by atoms with van der Waals surface area (Å²) in [6, 6.07) is 4.58. The van der Waals surface area contributed by atoms with E-state index in [-0.39, 0.29) is 11.9 Å². The summed E-state index contributed by atoms with van der Waals surface area (Å²) < 4.78 is 19.7. The maximum absolute atomic E-state index is 13.2. The topological polar surface area (TPSA) is 29.5 Å². The molecule has 0 amide bonds. The minimum atomic E-state index is -0.782. The molecule has 0 bridgehead atoms. The first kappa shape index (κ1) is 14.0. The van der Waals surface area contributed by atoms with Crippen LogP contribution in [0.2, 0.25) is 0 Å². The van der Waals surface area contributed by atoms with Gasteiger partial charge in [-0.15, -0.1) is 0 Å². The van der Waals surface area contributed by atoms with Gasteiger partial charge in [-0.1, -0.05) is 22.9 Å². The van der Waals surface area contributed by atoms with Crippen LogP contribution in [0.15, 0.2) is 22.7 Å². The Bertz CT molecular complexity index is 424. The smallest absolute Gasteiger partial charge is 0.123 e. The molecule has 100 valence electrons. The van der Waals surface area contributed by atoms with E-state index in [1.54, 1.807) is 6.07 Å².